The predicted molar refractivity (Wildman–Crippen MR) is 66.3 cm³/mol. The largest absolute Gasteiger partial charge is 0.368 e. The van der Waals surface area contributed by atoms with Gasteiger partial charge in [-0.2, -0.15) is 9.97 Å². The van der Waals surface area contributed by atoms with Gasteiger partial charge in [0.05, 0.1) is 0 Å². The summed E-state index contributed by atoms with van der Waals surface area (Å²) in [6.45, 7) is 5.96. The van der Waals surface area contributed by atoms with Crippen LogP contribution < -0.4 is 5.73 Å². The lowest BCUT2D eigenvalue weighted by Gasteiger charge is -2.06. The Morgan fingerprint density at radius 2 is 1.82 bits per heavy atom. The number of hydrogen-bond donors (Lipinski definition) is 1. The van der Waals surface area contributed by atoms with E-state index in [1.807, 2.05) is 39.0 Å². The van der Waals surface area contributed by atoms with Crippen LogP contribution in [0.1, 0.15) is 31.3 Å². The summed E-state index contributed by atoms with van der Waals surface area (Å²) in [5, 5.41) is 0. The average Bonchev–Trinajstić information content (AvgIpc) is 2.28. The minimum absolute atomic E-state index is 0.212. The quantitative estimate of drug-likeness (QED) is 0.851. The molecule has 2 aromatic rings. The Balaban J connectivity index is 2.52. The van der Waals surface area contributed by atoms with Gasteiger partial charge in [-0.1, -0.05) is 19.9 Å². The van der Waals surface area contributed by atoms with Gasteiger partial charge < -0.3 is 5.73 Å². The summed E-state index contributed by atoms with van der Waals surface area (Å²) in [5.74, 6) is 1.67. The van der Waals surface area contributed by atoms with Crippen molar-refractivity contribution in [2.75, 3.05) is 5.73 Å². The second-order valence-corrected chi connectivity index (χ2v) is 4.19. The number of aryl methyl sites for hydroxylation is 1. The van der Waals surface area contributed by atoms with Crippen LogP contribution in [0, 0.1) is 6.92 Å². The molecule has 0 fully saturated rings. The highest BCUT2D eigenvalue weighted by molar-refractivity contribution is 5.50. The average molecular weight is 229 g/mol. The van der Waals surface area contributed by atoms with Gasteiger partial charge in [0.15, 0.2) is 5.82 Å². The first-order valence-electron chi connectivity index (χ1n) is 5.51. The number of nitrogen functional groups attached to an aromatic ring is 1. The standard InChI is InChI=1S/C12H15N5/c1-7(2)10-15-11(17-12(13)16-10)9-6-4-5-8(3)14-9/h4-7H,1-3H3,(H2,13,15,16,17). The SMILES string of the molecule is Cc1cccc(-c2nc(N)nc(C(C)C)n2)n1. The zero-order valence-corrected chi connectivity index (χ0v) is 10.2. The molecule has 0 saturated carbocycles. The van der Waals surface area contributed by atoms with Crippen LogP contribution in [0.5, 0.6) is 0 Å². The molecule has 0 unspecified atom stereocenters. The summed E-state index contributed by atoms with van der Waals surface area (Å²) < 4.78 is 0. The van der Waals surface area contributed by atoms with Gasteiger partial charge in [0.2, 0.25) is 5.95 Å². The zero-order chi connectivity index (χ0) is 12.4. The van der Waals surface area contributed by atoms with Crippen LogP contribution in [-0.2, 0) is 0 Å². The van der Waals surface area contributed by atoms with Gasteiger partial charge >= 0.3 is 0 Å². The van der Waals surface area contributed by atoms with Gasteiger partial charge in [-0.15, -0.1) is 0 Å². The Morgan fingerprint density at radius 3 is 2.47 bits per heavy atom. The molecule has 5 heteroatoms. The third-order valence-corrected chi connectivity index (χ3v) is 2.30. The van der Waals surface area contributed by atoms with Crippen molar-refractivity contribution in [1.82, 2.24) is 19.9 Å². The minimum Gasteiger partial charge on any atom is -0.368 e. The molecule has 0 amide bonds. The van der Waals surface area contributed by atoms with Crippen molar-refractivity contribution in [2.24, 2.45) is 0 Å². The van der Waals surface area contributed by atoms with Crippen LogP contribution in [0.25, 0.3) is 11.5 Å². The summed E-state index contributed by atoms with van der Waals surface area (Å²) in [6.07, 6.45) is 0. The Labute approximate surface area is 100 Å². The minimum atomic E-state index is 0.212. The summed E-state index contributed by atoms with van der Waals surface area (Å²) in [7, 11) is 0. The lowest BCUT2D eigenvalue weighted by Crippen LogP contribution is -2.06. The molecule has 0 saturated heterocycles. The van der Waals surface area contributed by atoms with Gasteiger partial charge in [-0.25, -0.2) is 9.97 Å². The molecule has 88 valence electrons. The van der Waals surface area contributed by atoms with Gasteiger partial charge in [0.1, 0.15) is 11.5 Å². The molecule has 2 rings (SSSR count). The van der Waals surface area contributed by atoms with Crippen molar-refractivity contribution in [3.05, 3.63) is 29.7 Å². The highest BCUT2D eigenvalue weighted by Crippen LogP contribution is 2.16. The molecule has 2 aromatic heterocycles. The normalized spacial score (nSPS) is 10.8. The predicted octanol–water partition coefficient (Wildman–Crippen LogP) is 1.95. The van der Waals surface area contributed by atoms with Gasteiger partial charge in [-0.3, -0.25) is 0 Å². The maximum absolute atomic E-state index is 5.68. The molecule has 0 aliphatic rings. The number of hydrogen-bond acceptors (Lipinski definition) is 5. The summed E-state index contributed by atoms with van der Waals surface area (Å²) in [6, 6.07) is 5.72. The molecule has 17 heavy (non-hydrogen) atoms. The third kappa shape index (κ3) is 2.55. The summed E-state index contributed by atoms with van der Waals surface area (Å²) in [5.41, 5.74) is 7.33. The first-order valence-corrected chi connectivity index (χ1v) is 5.51. The van der Waals surface area contributed by atoms with E-state index in [1.54, 1.807) is 0 Å². The summed E-state index contributed by atoms with van der Waals surface area (Å²) >= 11 is 0. The van der Waals surface area contributed by atoms with E-state index in [1.165, 1.54) is 0 Å². The fourth-order valence-corrected chi connectivity index (χ4v) is 1.45. The molecule has 0 bridgehead atoms. The molecule has 2 N–H and O–H groups in total. The number of anilines is 1. The Hall–Kier alpha value is -2.04. The van der Waals surface area contributed by atoms with E-state index < -0.39 is 0 Å². The molecule has 0 atom stereocenters. The smallest absolute Gasteiger partial charge is 0.223 e. The molecule has 2 heterocycles. The lowest BCUT2D eigenvalue weighted by molar-refractivity contribution is 0.766. The molecule has 0 aliphatic carbocycles. The van der Waals surface area contributed by atoms with E-state index in [9.17, 15) is 0 Å². The van der Waals surface area contributed by atoms with Crippen LogP contribution in [0.2, 0.25) is 0 Å². The van der Waals surface area contributed by atoms with Gasteiger partial charge in [0, 0.05) is 11.6 Å². The van der Waals surface area contributed by atoms with E-state index in [0.717, 1.165) is 11.4 Å². The monoisotopic (exact) mass is 229 g/mol. The third-order valence-electron chi connectivity index (χ3n) is 2.30. The number of pyridine rings is 1. The molecule has 0 aromatic carbocycles. The van der Waals surface area contributed by atoms with Crippen molar-refractivity contribution in [1.29, 1.82) is 0 Å². The van der Waals surface area contributed by atoms with Gasteiger partial charge in [0.25, 0.3) is 0 Å². The molecule has 0 radical (unpaired) electrons. The topological polar surface area (TPSA) is 77.6 Å². The van der Waals surface area contributed by atoms with Gasteiger partial charge in [-0.05, 0) is 19.1 Å². The van der Waals surface area contributed by atoms with Crippen molar-refractivity contribution < 1.29 is 0 Å². The maximum Gasteiger partial charge on any atom is 0.223 e. The van der Waals surface area contributed by atoms with E-state index in [2.05, 4.69) is 19.9 Å². The molecular formula is C12H15N5. The number of rotatable bonds is 2. The molecule has 0 aliphatic heterocycles. The first-order chi connectivity index (χ1) is 8.06. The van der Waals surface area contributed by atoms with Crippen LogP contribution in [0.15, 0.2) is 18.2 Å². The van der Waals surface area contributed by atoms with E-state index in [0.29, 0.717) is 11.6 Å². The number of nitrogens with two attached hydrogens (primary N) is 1. The van der Waals surface area contributed by atoms with Crippen molar-refractivity contribution in [3.63, 3.8) is 0 Å². The van der Waals surface area contributed by atoms with E-state index in [-0.39, 0.29) is 11.9 Å². The number of aromatic nitrogens is 4. The lowest BCUT2D eigenvalue weighted by atomic mass is 10.2. The van der Waals surface area contributed by atoms with Crippen molar-refractivity contribution in [3.8, 4) is 11.5 Å². The number of nitrogens with zero attached hydrogens (tertiary/aromatic N) is 4. The molecule has 0 spiro atoms. The highest BCUT2D eigenvalue weighted by atomic mass is 15.1. The van der Waals surface area contributed by atoms with E-state index in [4.69, 9.17) is 5.73 Å². The fourth-order valence-electron chi connectivity index (χ4n) is 1.45. The summed E-state index contributed by atoms with van der Waals surface area (Å²) in [4.78, 5) is 17.0. The Kier molecular flexibility index (Phi) is 2.99. The molecule has 5 nitrogen and oxygen atoms in total. The highest BCUT2D eigenvalue weighted by Gasteiger charge is 2.10. The van der Waals surface area contributed by atoms with Crippen LogP contribution in [-0.4, -0.2) is 19.9 Å². The Morgan fingerprint density at radius 1 is 1.06 bits per heavy atom. The molecular weight excluding hydrogens is 214 g/mol. The van der Waals surface area contributed by atoms with Crippen LogP contribution in [0.4, 0.5) is 5.95 Å². The van der Waals surface area contributed by atoms with Crippen LogP contribution >= 0.6 is 0 Å². The Bertz CT molecular complexity index is 536. The van der Waals surface area contributed by atoms with E-state index >= 15 is 0 Å². The fraction of sp³-hybridized carbons (Fsp3) is 0.333. The zero-order valence-electron chi connectivity index (χ0n) is 10.2. The first kappa shape index (κ1) is 11.4. The second-order valence-electron chi connectivity index (χ2n) is 4.19. The second kappa shape index (κ2) is 4.45. The maximum atomic E-state index is 5.68. The van der Waals surface area contributed by atoms with Crippen molar-refractivity contribution >= 4 is 5.95 Å². The van der Waals surface area contributed by atoms with Crippen molar-refractivity contribution in [2.45, 2.75) is 26.7 Å². The van der Waals surface area contributed by atoms with Crippen LogP contribution in [0.3, 0.4) is 0 Å².